The molecule has 1 atom stereocenters. The lowest BCUT2D eigenvalue weighted by Gasteiger charge is -2.33. The van der Waals surface area contributed by atoms with Gasteiger partial charge in [0.05, 0.1) is 11.7 Å². The third-order valence-electron chi connectivity index (χ3n) is 5.48. The van der Waals surface area contributed by atoms with Crippen molar-refractivity contribution in [3.05, 3.63) is 72.9 Å². The quantitative estimate of drug-likeness (QED) is 0.619. The molecule has 32 heavy (non-hydrogen) atoms. The van der Waals surface area contributed by atoms with Crippen LogP contribution in [0.5, 0.6) is 5.75 Å². The number of nitrogens with one attached hydrogen (secondary N) is 1. The van der Waals surface area contributed by atoms with Crippen molar-refractivity contribution in [2.24, 2.45) is 0 Å². The average Bonchev–Trinajstić information content (AvgIpc) is 3.50. The van der Waals surface area contributed by atoms with E-state index in [-0.39, 0.29) is 24.5 Å². The van der Waals surface area contributed by atoms with Gasteiger partial charge in [0.15, 0.2) is 6.61 Å². The van der Waals surface area contributed by atoms with Crippen LogP contribution in [0.25, 0.3) is 5.82 Å². The van der Waals surface area contributed by atoms with Crippen LogP contribution in [0.3, 0.4) is 0 Å². The van der Waals surface area contributed by atoms with E-state index >= 15 is 0 Å². The number of benzene rings is 1. The molecule has 3 heterocycles. The highest BCUT2D eigenvalue weighted by Gasteiger charge is 2.39. The molecule has 1 fully saturated rings. The summed E-state index contributed by atoms with van der Waals surface area (Å²) >= 11 is 0. The lowest BCUT2D eigenvalue weighted by atomic mass is 10.0. The van der Waals surface area contributed by atoms with Crippen LogP contribution in [0, 0.1) is 0 Å². The Bertz CT molecular complexity index is 1070. The number of nitrogens with zero attached hydrogens (tertiary/aromatic N) is 4. The molecule has 1 aromatic carbocycles. The van der Waals surface area contributed by atoms with E-state index in [1.54, 1.807) is 38.5 Å². The summed E-state index contributed by atoms with van der Waals surface area (Å²) in [6, 6.07) is 14.8. The van der Waals surface area contributed by atoms with Crippen molar-refractivity contribution in [3.63, 3.8) is 0 Å². The highest BCUT2D eigenvalue weighted by atomic mass is 16.5. The number of carbonyl (C=O) groups excluding carboxylic acids is 2. The number of pyridine rings is 1. The van der Waals surface area contributed by atoms with E-state index in [2.05, 4.69) is 10.3 Å². The maximum atomic E-state index is 13.4. The lowest BCUT2D eigenvalue weighted by molar-refractivity contribution is -0.141. The normalized spacial score (nSPS) is 16.1. The Morgan fingerprint density at radius 3 is 2.72 bits per heavy atom. The molecule has 3 aromatic rings. The molecule has 0 bridgehead atoms. The molecule has 1 aliphatic rings. The van der Waals surface area contributed by atoms with Crippen molar-refractivity contribution in [1.82, 2.24) is 24.8 Å². The van der Waals surface area contributed by atoms with Crippen LogP contribution in [0.4, 0.5) is 0 Å². The summed E-state index contributed by atoms with van der Waals surface area (Å²) in [5, 5.41) is 2.82. The van der Waals surface area contributed by atoms with Crippen molar-refractivity contribution in [2.45, 2.75) is 38.3 Å². The minimum Gasteiger partial charge on any atom is -0.484 e. The van der Waals surface area contributed by atoms with E-state index in [1.165, 1.54) is 0 Å². The zero-order valence-corrected chi connectivity index (χ0v) is 18.3. The number of imidazole rings is 1. The van der Waals surface area contributed by atoms with Crippen LogP contribution in [-0.4, -0.2) is 49.9 Å². The number of amides is 2. The van der Waals surface area contributed by atoms with Gasteiger partial charge in [-0.05, 0) is 51.0 Å². The van der Waals surface area contributed by atoms with Crippen molar-refractivity contribution in [1.29, 1.82) is 0 Å². The highest BCUT2D eigenvalue weighted by Crippen LogP contribution is 2.33. The first kappa shape index (κ1) is 21.5. The summed E-state index contributed by atoms with van der Waals surface area (Å²) in [6.45, 7) is 3.92. The summed E-state index contributed by atoms with van der Waals surface area (Å²) in [6.07, 6.45) is 6.94. The maximum Gasteiger partial charge on any atom is 0.258 e. The molecule has 1 aliphatic heterocycles. The summed E-state index contributed by atoms with van der Waals surface area (Å²) in [4.78, 5) is 36.5. The molecule has 1 unspecified atom stereocenters. The Morgan fingerprint density at radius 1 is 1.16 bits per heavy atom. The molecule has 1 saturated heterocycles. The summed E-state index contributed by atoms with van der Waals surface area (Å²) in [5.41, 5.74) is -0.238. The van der Waals surface area contributed by atoms with E-state index in [9.17, 15) is 9.59 Å². The monoisotopic (exact) mass is 433 g/mol. The second-order valence-electron chi connectivity index (χ2n) is 8.32. The van der Waals surface area contributed by atoms with Gasteiger partial charge in [-0.3, -0.25) is 14.2 Å². The number of carbonyl (C=O) groups is 2. The van der Waals surface area contributed by atoms with Gasteiger partial charge in [0.25, 0.3) is 5.91 Å². The van der Waals surface area contributed by atoms with Crippen LogP contribution < -0.4 is 10.1 Å². The van der Waals surface area contributed by atoms with Crippen LogP contribution in [0.2, 0.25) is 0 Å². The van der Waals surface area contributed by atoms with E-state index in [4.69, 9.17) is 9.72 Å². The molecule has 0 saturated carbocycles. The highest BCUT2D eigenvalue weighted by molar-refractivity contribution is 5.91. The summed E-state index contributed by atoms with van der Waals surface area (Å²) < 4.78 is 7.34. The third kappa shape index (κ3) is 4.80. The zero-order chi connectivity index (χ0) is 22.6. The molecule has 0 aliphatic carbocycles. The largest absolute Gasteiger partial charge is 0.484 e. The smallest absolute Gasteiger partial charge is 0.258 e. The predicted octanol–water partition coefficient (Wildman–Crippen LogP) is 2.90. The Morgan fingerprint density at radius 2 is 1.97 bits per heavy atom. The van der Waals surface area contributed by atoms with Crippen molar-refractivity contribution in [3.8, 4) is 11.6 Å². The van der Waals surface area contributed by atoms with Crippen molar-refractivity contribution < 1.29 is 14.3 Å². The van der Waals surface area contributed by atoms with Gasteiger partial charge >= 0.3 is 0 Å². The van der Waals surface area contributed by atoms with Gasteiger partial charge in [-0.25, -0.2) is 9.97 Å². The second-order valence-corrected chi connectivity index (χ2v) is 8.32. The standard InChI is InChI=1S/C24H27N5O3/c1-24(2,27-22(30)16-32-18-8-4-3-5-9-18)23(31)29-14-7-11-20(29)19-10-6-12-21(26-19)28-15-13-25-17-28/h3-6,8-10,12-13,15,17,20H,7,11,14,16H2,1-2H3,(H,27,30). The second kappa shape index (κ2) is 9.21. The molecule has 166 valence electrons. The maximum absolute atomic E-state index is 13.4. The molecule has 0 spiro atoms. The van der Waals surface area contributed by atoms with Crippen molar-refractivity contribution >= 4 is 11.8 Å². The molecule has 2 amide bonds. The first-order chi connectivity index (χ1) is 15.4. The SMILES string of the molecule is CC(C)(NC(=O)COc1ccccc1)C(=O)N1CCCC1c1cccc(-n2ccnc2)n1. The van der Waals surface area contributed by atoms with Gasteiger partial charge in [0.1, 0.15) is 23.4 Å². The molecule has 4 rings (SSSR count). The van der Waals surface area contributed by atoms with Gasteiger partial charge < -0.3 is 15.0 Å². The van der Waals surface area contributed by atoms with Gasteiger partial charge in [0, 0.05) is 18.9 Å². The number of rotatable bonds is 7. The summed E-state index contributed by atoms with van der Waals surface area (Å²) in [5.74, 6) is 0.881. The number of ether oxygens (including phenoxy) is 1. The van der Waals surface area contributed by atoms with E-state index in [1.807, 2.05) is 52.1 Å². The van der Waals surface area contributed by atoms with Crippen molar-refractivity contribution in [2.75, 3.05) is 13.2 Å². The van der Waals surface area contributed by atoms with Gasteiger partial charge in [-0.2, -0.15) is 0 Å². The van der Waals surface area contributed by atoms with Crippen LogP contribution in [0.1, 0.15) is 38.4 Å². The number of likely N-dealkylation sites (tertiary alicyclic amines) is 1. The topological polar surface area (TPSA) is 89.4 Å². The minimum atomic E-state index is -1.07. The third-order valence-corrected chi connectivity index (χ3v) is 5.48. The molecular weight excluding hydrogens is 406 g/mol. The predicted molar refractivity (Wildman–Crippen MR) is 119 cm³/mol. The Balaban J connectivity index is 1.43. The van der Waals surface area contributed by atoms with Crippen LogP contribution in [-0.2, 0) is 9.59 Å². The van der Waals surface area contributed by atoms with Crippen LogP contribution in [0.15, 0.2) is 67.3 Å². The molecule has 2 aromatic heterocycles. The van der Waals surface area contributed by atoms with Crippen LogP contribution >= 0.6 is 0 Å². The average molecular weight is 434 g/mol. The fourth-order valence-corrected chi connectivity index (χ4v) is 3.94. The van der Waals surface area contributed by atoms with Gasteiger partial charge in [-0.1, -0.05) is 24.3 Å². The lowest BCUT2D eigenvalue weighted by Crippen LogP contribution is -2.56. The van der Waals surface area contributed by atoms with E-state index < -0.39 is 5.54 Å². The Kier molecular flexibility index (Phi) is 6.20. The van der Waals surface area contributed by atoms with E-state index in [0.717, 1.165) is 24.4 Å². The molecule has 1 N–H and O–H groups in total. The van der Waals surface area contributed by atoms with Gasteiger partial charge in [-0.15, -0.1) is 0 Å². The summed E-state index contributed by atoms with van der Waals surface area (Å²) in [7, 11) is 0. The number of hydrogen-bond donors (Lipinski definition) is 1. The fourth-order valence-electron chi connectivity index (χ4n) is 3.94. The Labute approximate surface area is 187 Å². The molecular formula is C24H27N5O3. The molecule has 0 radical (unpaired) electrons. The minimum absolute atomic E-state index is 0.136. The van der Waals surface area contributed by atoms with Gasteiger partial charge in [0.2, 0.25) is 5.91 Å². The Hall–Kier alpha value is -3.68. The first-order valence-corrected chi connectivity index (χ1v) is 10.7. The zero-order valence-electron chi connectivity index (χ0n) is 18.3. The molecule has 8 nitrogen and oxygen atoms in total. The van der Waals surface area contributed by atoms with E-state index in [0.29, 0.717) is 12.3 Å². The first-order valence-electron chi connectivity index (χ1n) is 10.7. The molecule has 8 heteroatoms. The number of para-hydroxylation sites is 1. The number of aromatic nitrogens is 3. The number of hydrogen-bond acceptors (Lipinski definition) is 5. The fraction of sp³-hybridized carbons (Fsp3) is 0.333.